The van der Waals surface area contributed by atoms with Crippen LogP contribution in [0.25, 0.3) is 0 Å². The van der Waals surface area contributed by atoms with Crippen LogP contribution in [-0.4, -0.2) is 16.8 Å². The van der Waals surface area contributed by atoms with Crippen molar-refractivity contribution in [2.24, 2.45) is 5.73 Å². The van der Waals surface area contributed by atoms with Gasteiger partial charge in [-0.15, -0.1) is 24.2 Å². The number of nitrogens with zero attached hydrogens (tertiary/aromatic N) is 1. The molecule has 0 aromatic carbocycles. The third kappa shape index (κ3) is 4.59. The van der Waals surface area contributed by atoms with Crippen LogP contribution in [0.3, 0.4) is 0 Å². The number of halogens is 1. The molecule has 0 aliphatic heterocycles. The smallest absolute Gasteiger partial charge is 0.0960 e. The van der Waals surface area contributed by atoms with Crippen molar-refractivity contribution < 1.29 is 0 Å². The summed E-state index contributed by atoms with van der Waals surface area (Å²) < 4.78 is 0. The lowest BCUT2D eigenvalue weighted by atomic mass is 10.4. The molecule has 0 amide bonds. The second-order valence-corrected chi connectivity index (χ2v) is 3.50. The van der Waals surface area contributed by atoms with Crippen molar-refractivity contribution in [1.29, 1.82) is 0 Å². The normalized spacial score (nSPS) is 11.8. The molecule has 1 rings (SSSR count). The minimum Gasteiger partial charge on any atom is -0.327 e. The summed E-state index contributed by atoms with van der Waals surface area (Å²) in [4.78, 5) is 4.16. The Kier molecular flexibility index (Phi) is 6.16. The Balaban J connectivity index is 0.00000121. The molecule has 0 fully saturated rings. The fraction of sp³-hybridized carbons (Fsp3) is 0.375. The van der Waals surface area contributed by atoms with E-state index >= 15 is 0 Å². The Labute approximate surface area is 83.4 Å². The van der Waals surface area contributed by atoms with E-state index in [2.05, 4.69) is 4.98 Å². The number of pyridine rings is 1. The molecule has 1 aromatic rings. The molecule has 0 aliphatic carbocycles. The fourth-order valence-electron chi connectivity index (χ4n) is 0.649. The Bertz CT molecular complexity index is 203. The summed E-state index contributed by atoms with van der Waals surface area (Å²) in [6.07, 6.45) is 1.80. The summed E-state index contributed by atoms with van der Waals surface area (Å²) in [5.74, 6) is 0.928. The Hall–Kier alpha value is -0.250. The van der Waals surface area contributed by atoms with Gasteiger partial charge >= 0.3 is 0 Å². The molecule has 1 heterocycles. The van der Waals surface area contributed by atoms with Gasteiger partial charge in [-0.2, -0.15) is 0 Å². The number of nitrogens with two attached hydrogens (primary N) is 1. The van der Waals surface area contributed by atoms with E-state index in [0.29, 0.717) is 0 Å². The van der Waals surface area contributed by atoms with Gasteiger partial charge in [0.05, 0.1) is 5.03 Å². The first-order chi connectivity index (χ1) is 5.29. The molecule has 1 aromatic heterocycles. The van der Waals surface area contributed by atoms with Crippen LogP contribution in [-0.2, 0) is 0 Å². The Morgan fingerprint density at radius 3 is 2.83 bits per heavy atom. The van der Waals surface area contributed by atoms with Crippen LogP contribution in [0.15, 0.2) is 29.4 Å². The standard InChI is InChI=1S/C8H12N2S.ClH/c1-7(9)6-11-8-4-2-3-5-10-8;/h2-5,7H,6,9H2,1H3;1H. The van der Waals surface area contributed by atoms with E-state index in [1.165, 1.54) is 0 Å². The van der Waals surface area contributed by atoms with E-state index in [0.717, 1.165) is 10.8 Å². The van der Waals surface area contributed by atoms with E-state index in [1.54, 1.807) is 18.0 Å². The predicted molar refractivity (Wildman–Crippen MR) is 55.9 cm³/mol. The maximum absolute atomic E-state index is 5.59. The molecule has 0 saturated heterocycles. The summed E-state index contributed by atoms with van der Waals surface area (Å²) in [7, 11) is 0. The molecule has 12 heavy (non-hydrogen) atoms. The summed E-state index contributed by atoms with van der Waals surface area (Å²) in [5.41, 5.74) is 5.59. The third-order valence-corrected chi connectivity index (χ3v) is 2.36. The quantitative estimate of drug-likeness (QED) is 0.765. The summed E-state index contributed by atoms with van der Waals surface area (Å²) >= 11 is 1.69. The highest BCUT2D eigenvalue weighted by atomic mass is 35.5. The number of aromatic nitrogens is 1. The van der Waals surface area contributed by atoms with Crippen molar-refractivity contribution in [2.75, 3.05) is 5.75 Å². The molecule has 0 aliphatic rings. The van der Waals surface area contributed by atoms with Gasteiger partial charge in [-0.05, 0) is 19.1 Å². The van der Waals surface area contributed by atoms with Crippen molar-refractivity contribution >= 4 is 24.2 Å². The lowest BCUT2D eigenvalue weighted by Crippen LogP contribution is -2.17. The van der Waals surface area contributed by atoms with Gasteiger partial charge in [0, 0.05) is 18.0 Å². The van der Waals surface area contributed by atoms with Gasteiger partial charge in [0.25, 0.3) is 0 Å². The molecule has 0 saturated carbocycles. The summed E-state index contributed by atoms with van der Waals surface area (Å²) in [5, 5.41) is 1.05. The van der Waals surface area contributed by atoms with Crippen LogP contribution in [0.2, 0.25) is 0 Å². The van der Waals surface area contributed by atoms with E-state index in [9.17, 15) is 0 Å². The average molecular weight is 205 g/mol. The van der Waals surface area contributed by atoms with Crippen LogP contribution in [0, 0.1) is 0 Å². The Morgan fingerprint density at radius 1 is 1.58 bits per heavy atom. The highest BCUT2D eigenvalue weighted by molar-refractivity contribution is 7.99. The topological polar surface area (TPSA) is 38.9 Å². The number of thioether (sulfide) groups is 1. The molecular weight excluding hydrogens is 192 g/mol. The SMILES string of the molecule is CC(N)CSc1ccccn1.Cl. The van der Waals surface area contributed by atoms with Gasteiger partial charge in [-0.3, -0.25) is 0 Å². The van der Waals surface area contributed by atoms with Crippen molar-refractivity contribution in [3.8, 4) is 0 Å². The van der Waals surface area contributed by atoms with E-state index in [-0.39, 0.29) is 18.4 Å². The molecule has 1 unspecified atom stereocenters. The molecule has 0 bridgehead atoms. The molecule has 1 atom stereocenters. The molecule has 68 valence electrons. The zero-order valence-corrected chi connectivity index (χ0v) is 8.57. The molecule has 2 nitrogen and oxygen atoms in total. The second kappa shape index (κ2) is 6.29. The lowest BCUT2D eigenvalue weighted by molar-refractivity contribution is 0.846. The van der Waals surface area contributed by atoms with Crippen LogP contribution in [0.4, 0.5) is 0 Å². The van der Waals surface area contributed by atoms with Gasteiger partial charge < -0.3 is 5.73 Å². The van der Waals surface area contributed by atoms with E-state index in [1.807, 2.05) is 25.1 Å². The Morgan fingerprint density at radius 2 is 2.33 bits per heavy atom. The minimum absolute atomic E-state index is 0. The first-order valence-electron chi connectivity index (χ1n) is 3.58. The van der Waals surface area contributed by atoms with Crippen molar-refractivity contribution in [1.82, 2.24) is 4.98 Å². The van der Waals surface area contributed by atoms with Crippen molar-refractivity contribution in [3.63, 3.8) is 0 Å². The van der Waals surface area contributed by atoms with Gasteiger partial charge in [0.2, 0.25) is 0 Å². The molecule has 2 N–H and O–H groups in total. The fourth-order valence-corrected chi connectivity index (χ4v) is 1.39. The van der Waals surface area contributed by atoms with Gasteiger partial charge in [0.15, 0.2) is 0 Å². The number of hydrogen-bond donors (Lipinski definition) is 1. The second-order valence-electron chi connectivity index (χ2n) is 2.46. The van der Waals surface area contributed by atoms with Crippen molar-refractivity contribution in [3.05, 3.63) is 24.4 Å². The van der Waals surface area contributed by atoms with E-state index < -0.39 is 0 Å². The molecular formula is C8H13ClN2S. The first-order valence-corrected chi connectivity index (χ1v) is 4.57. The van der Waals surface area contributed by atoms with Crippen LogP contribution in [0.5, 0.6) is 0 Å². The third-order valence-electron chi connectivity index (χ3n) is 1.13. The van der Waals surface area contributed by atoms with E-state index in [4.69, 9.17) is 5.73 Å². The highest BCUT2D eigenvalue weighted by Gasteiger charge is 1.96. The molecule has 0 radical (unpaired) electrons. The van der Waals surface area contributed by atoms with Crippen LogP contribution in [0.1, 0.15) is 6.92 Å². The number of hydrogen-bond acceptors (Lipinski definition) is 3. The molecule has 0 spiro atoms. The van der Waals surface area contributed by atoms with Gasteiger partial charge in [-0.1, -0.05) is 6.07 Å². The summed E-state index contributed by atoms with van der Waals surface area (Å²) in [6.45, 7) is 2.00. The van der Waals surface area contributed by atoms with Crippen LogP contribution < -0.4 is 5.73 Å². The summed E-state index contributed by atoms with van der Waals surface area (Å²) in [6, 6.07) is 6.13. The maximum Gasteiger partial charge on any atom is 0.0960 e. The first kappa shape index (κ1) is 11.8. The average Bonchev–Trinajstić information content (AvgIpc) is 2.03. The zero-order valence-electron chi connectivity index (χ0n) is 6.93. The predicted octanol–water partition coefficient (Wildman–Crippen LogP) is 1.94. The lowest BCUT2D eigenvalue weighted by Gasteiger charge is -2.02. The van der Waals surface area contributed by atoms with Crippen molar-refractivity contribution in [2.45, 2.75) is 18.0 Å². The zero-order chi connectivity index (χ0) is 8.10. The van der Waals surface area contributed by atoms with Gasteiger partial charge in [-0.25, -0.2) is 4.98 Å². The maximum atomic E-state index is 5.59. The van der Waals surface area contributed by atoms with Gasteiger partial charge in [0.1, 0.15) is 0 Å². The molecule has 4 heteroatoms. The number of rotatable bonds is 3. The minimum atomic E-state index is 0. The highest BCUT2D eigenvalue weighted by Crippen LogP contribution is 2.13. The van der Waals surface area contributed by atoms with Crippen LogP contribution >= 0.6 is 24.2 Å². The monoisotopic (exact) mass is 204 g/mol. The largest absolute Gasteiger partial charge is 0.327 e.